The Balaban J connectivity index is 1.77. The van der Waals surface area contributed by atoms with Crippen LogP contribution in [-0.4, -0.2) is 55.6 Å². The summed E-state index contributed by atoms with van der Waals surface area (Å²) < 4.78 is 35.2. The second kappa shape index (κ2) is 9.92. The molecule has 9 nitrogen and oxygen atoms in total. The first-order valence-corrected chi connectivity index (χ1v) is 10.6. The molecule has 1 aliphatic rings. The molecule has 2 heterocycles. The molecular weight excluding hydrogens is 443 g/mol. The summed E-state index contributed by atoms with van der Waals surface area (Å²) in [5.74, 6) is 0.706. The van der Waals surface area contributed by atoms with Crippen molar-refractivity contribution >= 4 is 11.6 Å². The molecule has 2 amide bonds. The summed E-state index contributed by atoms with van der Waals surface area (Å²) in [6.07, 6.45) is 0. The number of urea groups is 1. The summed E-state index contributed by atoms with van der Waals surface area (Å²) in [5.41, 5.74) is 2.53. The van der Waals surface area contributed by atoms with Crippen LogP contribution in [0.1, 0.15) is 24.4 Å². The SMILES string of the molecule is COCCN1C(=O)NC(c2ccc(OC)cc2)C(c2nc(-c3ccc(OC)c(F)c3)no2)=C1C. The molecule has 1 aliphatic heterocycles. The van der Waals surface area contributed by atoms with Gasteiger partial charge in [0.1, 0.15) is 5.75 Å². The third-order valence-electron chi connectivity index (χ3n) is 5.63. The number of benzene rings is 2. The number of nitrogens with zero attached hydrogens (tertiary/aromatic N) is 3. The maximum absolute atomic E-state index is 14.2. The third kappa shape index (κ3) is 4.44. The largest absolute Gasteiger partial charge is 0.497 e. The standard InChI is InChI=1S/C24H25FN4O5/c1-14-20(23-27-22(28-34-23)16-7-10-19(33-4)18(25)13-16)21(15-5-8-17(32-3)9-6-15)26-24(30)29(14)11-12-31-2/h5-10,13,21H,11-12H2,1-4H3,(H,26,30). The highest BCUT2D eigenvalue weighted by atomic mass is 19.1. The molecule has 2 aromatic carbocycles. The molecule has 4 rings (SSSR count). The molecule has 0 fully saturated rings. The number of aromatic nitrogens is 2. The summed E-state index contributed by atoms with van der Waals surface area (Å²) >= 11 is 0. The highest BCUT2D eigenvalue weighted by molar-refractivity contribution is 5.86. The van der Waals surface area contributed by atoms with E-state index in [4.69, 9.17) is 18.7 Å². The van der Waals surface area contributed by atoms with E-state index in [-0.39, 0.29) is 23.5 Å². The van der Waals surface area contributed by atoms with E-state index in [1.165, 1.54) is 19.2 Å². The summed E-state index contributed by atoms with van der Waals surface area (Å²) in [4.78, 5) is 19.0. The van der Waals surface area contributed by atoms with Crippen molar-refractivity contribution in [3.8, 4) is 22.9 Å². The molecule has 0 aliphatic carbocycles. The number of allylic oxidation sites excluding steroid dienone is 1. The molecular formula is C24H25FN4O5. The fourth-order valence-corrected chi connectivity index (χ4v) is 3.81. The Hall–Kier alpha value is -3.92. The van der Waals surface area contributed by atoms with Crippen molar-refractivity contribution in [2.24, 2.45) is 0 Å². The monoisotopic (exact) mass is 468 g/mol. The first kappa shape index (κ1) is 23.2. The molecule has 1 unspecified atom stereocenters. The van der Waals surface area contributed by atoms with Gasteiger partial charge < -0.3 is 24.1 Å². The van der Waals surface area contributed by atoms with Crippen LogP contribution in [0.2, 0.25) is 0 Å². The van der Waals surface area contributed by atoms with E-state index in [2.05, 4.69) is 15.5 Å². The minimum absolute atomic E-state index is 0.120. The second-order valence-corrected chi connectivity index (χ2v) is 7.57. The smallest absolute Gasteiger partial charge is 0.322 e. The number of hydrogen-bond acceptors (Lipinski definition) is 7. The highest BCUT2D eigenvalue weighted by Crippen LogP contribution is 2.38. The quantitative estimate of drug-likeness (QED) is 0.533. The van der Waals surface area contributed by atoms with Gasteiger partial charge in [-0.05, 0) is 42.8 Å². The Kier molecular flexibility index (Phi) is 6.78. The van der Waals surface area contributed by atoms with Gasteiger partial charge in [0.05, 0.1) is 39.0 Å². The minimum atomic E-state index is -0.543. The van der Waals surface area contributed by atoms with Gasteiger partial charge in [-0.2, -0.15) is 4.98 Å². The Morgan fingerprint density at radius 3 is 2.53 bits per heavy atom. The Morgan fingerprint density at radius 2 is 1.88 bits per heavy atom. The zero-order valence-electron chi connectivity index (χ0n) is 19.3. The lowest BCUT2D eigenvalue weighted by Crippen LogP contribution is -2.47. The van der Waals surface area contributed by atoms with Crippen LogP contribution in [0.5, 0.6) is 11.5 Å². The van der Waals surface area contributed by atoms with Crippen LogP contribution in [0.25, 0.3) is 17.0 Å². The zero-order valence-corrected chi connectivity index (χ0v) is 19.3. The zero-order chi connectivity index (χ0) is 24.2. The van der Waals surface area contributed by atoms with Crippen LogP contribution in [-0.2, 0) is 4.74 Å². The average Bonchev–Trinajstić information content (AvgIpc) is 3.33. The van der Waals surface area contributed by atoms with Crippen LogP contribution in [0.3, 0.4) is 0 Å². The van der Waals surface area contributed by atoms with Crippen molar-refractivity contribution < 1.29 is 27.9 Å². The number of nitrogens with one attached hydrogen (secondary N) is 1. The van der Waals surface area contributed by atoms with Gasteiger partial charge in [0, 0.05) is 18.4 Å². The average molecular weight is 468 g/mol. The van der Waals surface area contributed by atoms with E-state index in [0.29, 0.717) is 35.7 Å². The maximum Gasteiger partial charge on any atom is 0.322 e. The van der Waals surface area contributed by atoms with Crippen molar-refractivity contribution in [3.05, 3.63) is 65.4 Å². The van der Waals surface area contributed by atoms with Crippen molar-refractivity contribution in [3.63, 3.8) is 0 Å². The predicted octanol–water partition coefficient (Wildman–Crippen LogP) is 4.04. The molecule has 3 aromatic rings. The van der Waals surface area contributed by atoms with E-state index in [1.54, 1.807) is 25.2 Å². The van der Waals surface area contributed by atoms with E-state index in [9.17, 15) is 9.18 Å². The number of ether oxygens (including phenoxy) is 3. The van der Waals surface area contributed by atoms with Crippen molar-refractivity contribution in [1.82, 2.24) is 20.4 Å². The lowest BCUT2D eigenvalue weighted by Gasteiger charge is -2.35. The molecule has 0 saturated heterocycles. The fourth-order valence-electron chi connectivity index (χ4n) is 3.81. The first-order chi connectivity index (χ1) is 16.5. The van der Waals surface area contributed by atoms with Crippen LogP contribution < -0.4 is 14.8 Å². The van der Waals surface area contributed by atoms with Crippen molar-refractivity contribution in [2.45, 2.75) is 13.0 Å². The Bertz CT molecular complexity index is 1210. The molecule has 10 heteroatoms. The van der Waals surface area contributed by atoms with Gasteiger partial charge in [-0.3, -0.25) is 4.90 Å². The van der Waals surface area contributed by atoms with Crippen LogP contribution in [0.15, 0.2) is 52.7 Å². The summed E-state index contributed by atoms with van der Waals surface area (Å²) in [6, 6.07) is 11.0. The number of hydrogen-bond donors (Lipinski definition) is 1. The lowest BCUT2D eigenvalue weighted by atomic mass is 9.94. The molecule has 0 saturated carbocycles. The number of halogens is 1. The number of carbonyl (C=O) groups is 1. The fraction of sp³-hybridized carbons (Fsp3) is 0.292. The van der Waals surface area contributed by atoms with Gasteiger partial charge in [0.2, 0.25) is 5.82 Å². The van der Waals surface area contributed by atoms with Gasteiger partial charge in [0.15, 0.2) is 11.6 Å². The van der Waals surface area contributed by atoms with Crippen LogP contribution >= 0.6 is 0 Å². The van der Waals surface area contributed by atoms with E-state index >= 15 is 0 Å². The van der Waals surface area contributed by atoms with Crippen molar-refractivity contribution in [1.29, 1.82) is 0 Å². The summed E-state index contributed by atoms with van der Waals surface area (Å²) in [5, 5.41) is 7.06. The number of rotatable bonds is 8. The third-order valence-corrected chi connectivity index (χ3v) is 5.63. The Labute approximate surface area is 196 Å². The van der Waals surface area contributed by atoms with E-state index < -0.39 is 11.9 Å². The molecule has 1 N–H and O–H groups in total. The van der Waals surface area contributed by atoms with Gasteiger partial charge in [0.25, 0.3) is 5.89 Å². The van der Waals surface area contributed by atoms with E-state index in [0.717, 1.165) is 5.56 Å². The number of carbonyl (C=O) groups excluding carboxylic acids is 1. The van der Waals surface area contributed by atoms with Gasteiger partial charge in [-0.25, -0.2) is 9.18 Å². The van der Waals surface area contributed by atoms with E-state index in [1.807, 2.05) is 31.2 Å². The summed E-state index contributed by atoms with van der Waals surface area (Å²) in [7, 11) is 4.55. The molecule has 0 radical (unpaired) electrons. The second-order valence-electron chi connectivity index (χ2n) is 7.57. The van der Waals surface area contributed by atoms with Crippen molar-refractivity contribution in [2.75, 3.05) is 34.5 Å². The molecule has 0 spiro atoms. The molecule has 0 bridgehead atoms. The first-order valence-electron chi connectivity index (χ1n) is 10.6. The van der Waals surface area contributed by atoms with Gasteiger partial charge >= 0.3 is 6.03 Å². The normalized spacial score (nSPS) is 16.0. The lowest BCUT2D eigenvalue weighted by molar-refractivity contribution is 0.158. The van der Waals surface area contributed by atoms with Crippen LogP contribution in [0, 0.1) is 5.82 Å². The molecule has 1 atom stereocenters. The molecule has 1 aromatic heterocycles. The maximum atomic E-state index is 14.2. The summed E-state index contributed by atoms with van der Waals surface area (Å²) in [6.45, 7) is 2.51. The van der Waals surface area contributed by atoms with Gasteiger partial charge in [-0.1, -0.05) is 17.3 Å². The number of amides is 2. The number of methoxy groups -OCH3 is 3. The highest BCUT2D eigenvalue weighted by Gasteiger charge is 2.35. The Morgan fingerprint density at radius 1 is 1.12 bits per heavy atom. The predicted molar refractivity (Wildman–Crippen MR) is 122 cm³/mol. The molecule has 178 valence electrons. The topological polar surface area (TPSA) is 99.0 Å². The minimum Gasteiger partial charge on any atom is -0.497 e. The molecule has 34 heavy (non-hydrogen) atoms. The van der Waals surface area contributed by atoms with Crippen LogP contribution in [0.4, 0.5) is 9.18 Å². The van der Waals surface area contributed by atoms with Gasteiger partial charge in [-0.15, -0.1) is 0 Å².